The molecule has 0 radical (unpaired) electrons. The Labute approximate surface area is 116 Å². The summed E-state index contributed by atoms with van der Waals surface area (Å²) >= 11 is 0. The monoisotopic (exact) mass is 283 g/mol. The molecule has 0 atom stereocenters. The van der Waals surface area contributed by atoms with Crippen molar-refractivity contribution >= 4 is 11.8 Å². The van der Waals surface area contributed by atoms with E-state index in [4.69, 9.17) is 10.5 Å². The van der Waals surface area contributed by atoms with E-state index in [9.17, 15) is 14.0 Å². The number of nitrogens with two attached hydrogens (primary N) is 1. The molecule has 1 rings (SSSR count). The van der Waals surface area contributed by atoms with Crippen molar-refractivity contribution in [3.8, 4) is 5.75 Å². The van der Waals surface area contributed by atoms with Gasteiger partial charge in [-0.2, -0.15) is 0 Å². The highest BCUT2D eigenvalue weighted by atomic mass is 19.1. The minimum atomic E-state index is -0.380. The Hall–Kier alpha value is -2.15. The molecule has 110 valence electrons. The number of hydrogen-bond donors (Lipinski definition) is 2. The fraction of sp³-hybridized carbons (Fsp3) is 0.385. The van der Waals surface area contributed by atoms with Crippen molar-refractivity contribution in [1.29, 1.82) is 0 Å². The van der Waals surface area contributed by atoms with Crippen LogP contribution in [0.15, 0.2) is 24.3 Å². The van der Waals surface area contributed by atoms with Crippen LogP contribution < -0.4 is 15.8 Å². The molecule has 1 aromatic carbocycles. The molecule has 0 aliphatic carbocycles. The molecule has 20 heavy (non-hydrogen) atoms. The Morgan fingerprint density at radius 1 is 1.35 bits per heavy atom. The van der Waals surface area contributed by atoms with E-state index >= 15 is 0 Å². The molecule has 3 N–H and O–H groups in total. The minimum Gasteiger partial charge on any atom is -0.492 e. The lowest BCUT2D eigenvalue weighted by Crippen LogP contribution is -2.41. The second-order valence-electron chi connectivity index (χ2n) is 4.10. The van der Waals surface area contributed by atoms with Gasteiger partial charge < -0.3 is 20.7 Å². The smallest absolute Gasteiger partial charge is 0.241 e. The number of amides is 2. The minimum absolute atomic E-state index is 0.0942. The number of nitrogens with one attached hydrogen (secondary N) is 1. The van der Waals surface area contributed by atoms with Crippen LogP contribution in [0.1, 0.15) is 0 Å². The molecule has 0 aromatic heterocycles. The summed E-state index contributed by atoms with van der Waals surface area (Å²) in [4.78, 5) is 23.9. The molecule has 1 aromatic rings. The van der Waals surface area contributed by atoms with Gasteiger partial charge in [0.2, 0.25) is 11.8 Å². The van der Waals surface area contributed by atoms with E-state index in [1.165, 1.54) is 29.2 Å². The number of rotatable bonds is 7. The predicted molar refractivity (Wildman–Crippen MR) is 71.6 cm³/mol. The summed E-state index contributed by atoms with van der Waals surface area (Å²) in [6.45, 7) is 0.390. The van der Waals surface area contributed by atoms with Crippen LogP contribution in [0.25, 0.3) is 0 Å². The van der Waals surface area contributed by atoms with Crippen molar-refractivity contribution < 1.29 is 18.7 Å². The second-order valence-corrected chi connectivity index (χ2v) is 4.10. The standard InChI is InChI=1S/C13H18FN3O3/c1-17(13(19)9-16-12(18)8-15)6-7-20-11-4-2-10(14)3-5-11/h2-5H,6-9,15H2,1H3,(H,16,18). The van der Waals surface area contributed by atoms with E-state index in [1.807, 2.05) is 0 Å². The Morgan fingerprint density at radius 2 is 2.00 bits per heavy atom. The van der Waals surface area contributed by atoms with Crippen LogP contribution >= 0.6 is 0 Å². The molecule has 0 spiro atoms. The summed E-state index contributed by atoms with van der Waals surface area (Å²) in [5.41, 5.74) is 5.11. The topological polar surface area (TPSA) is 84.7 Å². The Balaban J connectivity index is 2.25. The molecule has 6 nitrogen and oxygen atoms in total. The number of benzene rings is 1. The molecule has 0 aliphatic rings. The zero-order chi connectivity index (χ0) is 15.0. The van der Waals surface area contributed by atoms with E-state index in [0.717, 1.165) is 0 Å². The van der Waals surface area contributed by atoms with E-state index in [2.05, 4.69) is 5.32 Å². The van der Waals surface area contributed by atoms with Gasteiger partial charge in [-0.05, 0) is 24.3 Å². The zero-order valence-electron chi connectivity index (χ0n) is 11.3. The van der Waals surface area contributed by atoms with Gasteiger partial charge in [0.25, 0.3) is 0 Å². The maximum absolute atomic E-state index is 12.7. The summed E-state index contributed by atoms with van der Waals surface area (Å²) in [7, 11) is 1.60. The van der Waals surface area contributed by atoms with E-state index in [1.54, 1.807) is 7.05 Å². The molecule has 0 aliphatic heterocycles. The molecule has 0 saturated carbocycles. The SMILES string of the molecule is CN(CCOc1ccc(F)cc1)C(=O)CNC(=O)CN. The number of carbonyl (C=O) groups excluding carboxylic acids is 2. The Bertz CT molecular complexity index is 451. The van der Waals surface area contributed by atoms with Crippen molar-refractivity contribution in [1.82, 2.24) is 10.2 Å². The van der Waals surface area contributed by atoms with Crippen molar-refractivity contribution in [2.45, 2.75) is 0 Å². The number of nitrogens with zero attached hydrogens (tertiary/aromatic N) is 1. The van der Waals surface area contributed by atoms with Gasteiger partial charge in [0, 0.05) is 7.05 Å². The fourth-order valence-electron chi connectivity index (χ4n) is 1.34. The second kappa shape index (κ2) is 8.11. The van der Waals surface area contributed by atoms with Gasteiger partial charge in [0.15, 0.2) is 0 Å². The first-order valence-electron chi connectivity index (χ1n) is 6.12. The first kappa shape index (κ1) is 15.9. The van der Waals surface area contributed by atoms with Crippen LogP contribution in [0.3, 0.4) is 0 Å². The van der Waals surface area contributed by atoms with E-state index in [0.29, 0.717) is 12.3 Å². The lowest BCUT2D eigenvalue weighted by Gasteiger charge is -2.17. The van der Waals surface area contributed by atoms with E-state index < -0.39 is 0 Å². The largest absolute Gasteiger partial charge is 0.492 e. The number of likely N-dealkylation sites (N-methyl/N-ethyl adjacent to an activating group) is 1. The average molecular weight is 283 g/mol. The van der Waals surface area contributed by atoms with Crippen LogP contribution in [0.2, 0.25) is 0 Å². The summed E-state index contributed by atoms with van der Waals surface area (Å²) in [6, 6.07) is 5.62. The summed E-state index contributed by atoms with van der Waals surface area (Å²) in [6.07, 6.45) is 0. The molecular formula is C13H18FN3O3. The zero-order valence-corrected chi connectivity index (χ0v) is 11.3. The molecule has 7 heteroatoms. The highest BCUT2D eigenvalue weighted by Crippen LogP contribution is 2.10. The van der Waals surface area contributed by atoms with Crippen molar-refractivity contribution in [2.75, 3.05) is 33.3 Å². The summed E-state index contributed by atoms with van der Waals surface area (Å²) < 4.78 is 18.0. The average Bonchev–Trinajstić information content (AvgIpc) is 2.46. The van der Waals surface area contributed by atoms with Crippen molar-refractivity contribution in [3.63, 3.8) is 0 Å². The van der Waals surface area contributed by atoms with Gasteiger partial charge >= 0.3 is 0 Å². The molecule has 0 bridgehead atoms. The molecule has 2 amide bonds. The van der Waals surface area contributed by atoms with Crippen LogP contribution in [-0.4, -0.2) is 50.0 Å². The third kappa shape index (κ3) is 5.66. The Morgan fingerprint density at radius 3 is 2.60 bits per heavy atom. The van der Waals surface area contributed by atoms with Crippen LogP contribution in [0, 0.1) is 5.82 Å². The summed E-state index contributed by atoms with van der Waals surface area (Å²) in [5.74, 6) is -0.423. The normalized spacial score (nSPS) is 9.95. The van der Waals surface area contributed by atoms with Gasteiger partial charge in [0.05, 0.1) is 19.6 Å². The van der Waals surface area contributed by atoms with E-state index in [-0.39, 0.29) is 37.3 Å². The number of carbonyl (C=O) groups is 2. The van der Waals surface area contributed by atoms with Gasteiger partial charge in [-0.15, -0.1) is 0 Å². The first-order chi connectivity index (χ1) is 9.52. The molecule has 0 fully saturated rings. The third-order valence-electron chi connectivity index (χ3n) is 2.56. The van der Waals surface area contributed by atoms with Crippen LogP contribution in [0.4, 0.5) is 4.39 Å². The van der Waals surface area contributed by atoms with Gasteiger partial charge in [-0.25, -0.2) is 4.39 Å². The number of hydrogen-bond acceptors (Lipinski definition) is 4. The number of ether oxygens (including phenoxy) is 1. The third-order valence-corrected chi connectivity index (χ3v) is 2.56. The predicted octanol–water partition coefficient (Wildman–Crippen LogP) is -0.262. The lowest BCUT2D eigenvalue weighted by atomic mass is 10.3. The molecule has 0 unspecified atom stereocenters. The molecule has 0 heterocycles. The number of halogens is 1. The molecule has 0 saturated heterocycles. The van der Waals surface area contributed by atoms with Crippen molar-refractivity contribution in [2.24, 2.45) is 5.73 Å². The quantitative estimate of drug-likeness (QED) is 0.722. The van der Waals surface area contributed by atoms with Gasteiger partial charge in [-0.3, -0.25) is 9.59 Å². The lowest BCUT2D eigenvalue weighted by molar-refractivity contribution is -0.131. The fourth-order valence-corrected chi connectivity index (χ4v) is 1.34. The van der Waals surface area contributed by atoms with Crippen LogP contribution in [0.5, 0.6) is 5.75 Å². The maximum Gasteiger partial charge on any atom is 0.241 e. The Kier molecular flexibility index (Phi) is 6.45. The van der Waals surface area contributed by atoms with Crippen LogP contribution in [-0.2, 0) is 9.59 Å². The highest BCUT2D eigenvalue weighted by Gasteiger charge is 2.09. The maximum atomic E-state index is 12.7. The summed E-state index contributed by atoms with van der Waals surface area (Å²) in [5, 5.41) is 2.39. The highest BCUT2D eigenvalue weighted by molar-refractivity contribution is 5.85. The first-order valence-corrected chi connectivity index (χ1v) is 6.12. The van der Waals surface area contributed by atoms with Gasteiger partial charge in [-0.1, -0.05) is 0 Å². The van der Waals surface area contributed by atoms with Crippen molar-refractivity contribution in [3.05, 3.63) is 30.1 Å². The van der Waals surface area contributed by atoms with Gasteiger partial charge in [0.1, 0.15) is 18.2 Å². The molecular weight excluding hydrogens is 265 g/mol.